The van der Waals surface area contributed by atoms with Crippen LogP contribution in [0.5, 0.6) is 0 Å². The number of amidine groups is 1. The number of halogens is 1. The first-order valence-electron chi connectivity index (χ1n) is 11.7. The van der Waals surface area contributed by atoms with Crippen molar-refractivity contribution < 1.29 is 23.5 Å². The van der Waals surface area contributed by atoms with Gasteiger partial charge >= 0.3 is 6.09 Å². The van der Waals surface area contributed by atoms with Crippen LogP contribution in [0.2, 0.25) is 25.7 Å². The van der Waals surface area contributed by atoms with Gasteiger partial charge in [-0.2, -0.15) is 4.39 Å². The summed E-state index contributed by atoms with van der Waals surface area (Å²) in [5, 5.41) is 0.212. The van der Waals surface area contributed by atoms with Crippen molar-refractivity contribution in [2.24, 2.45) is 10.9 Å². The summed E-state index contributed by atoms with van der Waals surface area (Å²) in [6.45, 7) is 17.7. The third kappa shape index (κ3) is 7.26. The molecule has 35 heavy (non-hydrogen) atoms. The molecule has 0 radical (unpaired) electrons. The van der Waals surface area contributed by atoms with E-state index in [2.05, 4.69) is 24.6 Å². The Morgan fingerprint density at radius 3 is 2.51 bits per heavy atom. The first-order chi connectivity index (χ1) is 15.9. The summed E-state index contributed by atoms with van der Waals surface area (Å²) in [5.74, 6) is -1.18. The molecule has 2 heterocycles. The van der Waals surface area contributed by atoms with Gasteiger partial charge in [0.1, 0.15) is 18.6 Å². The molecule has 0 aliphatic carbocycles. The maximum absolute atomic E-state index is 14.9. The van der Waals surface area contributed by atoms with Crippen LogP contribution in [-0.4, -0.2) is 59.2 Å². The highest BCUT2D eigenvalue weighted by atomic mass is 32.2. The molecular formula is C24H39FN4O4SSi. The molecule has 0 bridgehead atoms. The van der Waals surface area contributed by atoms with E-state index >= 15 is 0 Å². The minimum absolute atomic E-state index is 0.109. The molecule has 1 aromatic rings. The van der Waals surface area contributed by atoms with Crippen LogP contribution in [0.15, 0.2) is 17.3 Å². The standard InChI is InChI=1S/C24H39FN4O4SSi/c1-16-23(5,14-30)34-20(28-24(16,6)18-12-17(26)13-27-19(18)25)29(21(31)33-22(2,3)4)15-32-10-11-35(7,8)9/h12-14,16H,10-11,15,26H2,1-9H3/t16?,23-,24+/m1/s1. The van der Waals surface area contributed by atoms with Gasteiger partial charge in [0, 0.05) is 26.2 Å². The van der Waals surface area contributed by atoms with Crippen molar-refractivity contribution >= 4 is 43.1 Å². The molecule has 11 heteroatoms. The molecule has 2 rings (SSSR count). The lowest BCUT2D eigenvalue weighted by Gasteiger charge is -2.46. The quantitative estimate of drug-likeness (QED) is 0.170. The number of aliphatic imine (C=N–C) groups is 1. The molecule has 1 aliphatic heterocycles. The van der Waals surface area contributed by atoms with Gasteiger partial charge in [-0.15, -0.1) is 0 Å². The van der Waals surface area contributed by atoms with Crippen LogP contribution < -0.4 is 5.73 Å². The molecular weight excluding hydrogens is 487 g/mol. The van der Waals surface area contributed by atoms with Gasteiger partial charge in [0.05, 0.1) is 22.2 Å². The van der Waals surface area contributed by atoms with Crippen molar-refractivity contribution in [3.05, 3.63) is 23.8 Å². The van der Waals surface area contributed by atoms with E-state index in [9.17, 15) is 14.0 Å². The van der Waals surface area contributed by atoms with Crippen LogP contribution in [0.1, 0.15) is 47.1 Å². The number of carbonyl (C=O) groups excluding carboxylic acids is 2. The Bertz CT molecular complexity index is 981. The minimum atomic E-state index is -1.35. The highest BCUT2D eigenvalue weighted by molar-refractivity contribution is 8.15. The second kappa shape index (κ2) is 10.6. The highest BCUT2D eigenvalue weighted by Crippen LogP contribution is 2.50. The maximum atomic E-state index is 14.9. The zero-order chi connectivity index (χ0) is 26.8. The number of amides is 1. The molecule has 1 amide bonds. The average Bonchev–Trinajstić information content (AvgIpc) is 2.71. The van der Waals surface area contributed by atoms with Gasteiger partial charge in [-0.25, -0.2) is 14.7 Å². The molecule has 0 saturated heterocycles. The number of thioether (sulfide) groups is 1. The van der Waals surface area contributed by atoms with Crippen LogP contribution in [-0.2, 0) is 19.8 Å². The van der Waals surface area contributed by atoms with Gasteiger partial charge in [-0.1, -0.05) is 38.3 Å². The van der Waals surface area contributed by atoms with E-state index in [0.29, 0.717) is 6.61 Å². The molecule has 1 aliphatic rings. The number of nitrogens with two attached hydrogens (primary N) is 1. The van der Waals surface area contributed by atoms with Gasteiger partial charge in [0.2, 0.25) is 5.95 Å². The van der Waals surface area contributed by atoms with E-state index in [1.807, 2.05) is 6.92 Å². The lowest BCUT2D eigenvalue weighted by molar-refractivity contribution is -0.111. The number of aldehydes is 1. The summed E-state index contributed by atoms with van der Waals surface area (Å²) >= 11 is 1.14. The van der Waals surface area contributed by atoms with E-state index in [0.717, 1.165) is 24.1 Å². The molecule has 1 unspecified atom stereocenters. The zero-order valence-corrected chi connectivity index (χ0v) is 24.1. The number of rotatable bonds is 7. The van der Waals surface area contributed by atoms with E-state index in [-0.39, 0.29) is 23.1 Å². The monoisotopic (exact) mass is 526 g/mol. The molecule has 196 valence electrons. The van der Waals surface area contributed by atoms with Crippen LogP contribution in [0.4, 0.5) is 14.9 Å². The van der Waals surface area contributed by atoms with Gasteiger partial charge < -0.3 is 20.0 Å². The molecule has 8 nitrogen and oxygen atoms in total. The number of aromatic nitrogens is 1. The SMILES string of the molecule is CC1[C@@](C)(C=O)SC(N(COCC[Si](C)(C)C)C(=O)OC(C)(C)C)=N[C@]1(C)c1cc(N)cnc1F. The van der Waals surface area contributed by atoms with Gasteiger partial charge in [-0.05, 0) is 46.7 Å². The van der Waals surface area contributed by atoms with E-state index in [1.54, 1.807) is 34.6 Å². The number of pyridine rings is 1. The third-order valence-corrected chi connectivity index (χ3v) is 9.13. The van der Waals surface area contributed by atoms with Crippen LogP contribution in [0.3, 0.4) is 0 Å². The maximum Gasteiger partial charge on any atom is 0.418 e. The van der Waals surface area contributed by atoms with Gasteiger partial charge in [-0.3, -0.25) is 4.99 Å². The van der Waals surface area contributed by atoms with Crippen molar-refractivity contribution in [2.45, 2.75) is 83.1 Å². The number of anilines is 1. The van der Waals surface area contributed by atoms with Crippen molar-refractivity contribution in [3.8, 4) is 0 Å². The van der Waals surface area contributed by atoms with Gasteiger partial charge in [0.25, 0.3) is 0 Å². The number of hydrogen-bond acceptors (Lipinski definition) is 8. The molecule has 0 saturated carbocycles. The molecule has 0 fully saturated rings. The van der Waals surface area contributed by atoms with E-state index in [4.69, 9.17) is 20.2 Å². The lowest BCUT2D eigenvalue weighted by Crippen LogP contribution is -2.52. The first kappa shape index (κ1) is 29.2. The largest absolute Gasteiger partial charge is 0.443 e. The predicted molar refractivity (Wildman–Crippen MR) is 142 cm³/mol. The summed E-state index contributed by atoms with van der Waals surface area (Å²) in [7, 11) is -1.35. The summed E-state index contributed by atoms with van der Waals surface area (Å²) in [4.78, 5) is 35.4. The Balaban J connectivity index is 2.57. The fourth-order valence-electron chi connectivity index (χ4n) is 3.55. The molecule has 1 aromatic heterocycles. The summed E-state index contributed by atoms with van der Waals surface area (Å²) in [5.41, 5.74) is 4.34. The summed E-state index contributed by atoms with van der Waals surface area (Å²) in [6, 6.07) is 2.39. The molecule has 3 atom stereocenters. The fourth-order valence-corrected chi connectivity index (χ4v) is 5.63. The molecule has 0 spiro atoms. The number of nitrogen functional groups attached to an aromatic ring is 1. The number of nitrogens with zero attached hydrogens (tertiary/aromatic N) is 3. The zero-order valence-electron chi connectivity index (χ0n) is 22.3. The summed E-state index contributed by atoms with van der Waals surface area (Å²) in [6.07, 6.45) is 1.38. The topological polar surface area (TPSA) is 107 Å². The van der Waals surface area contributed by atoms with Crippen molar-refractivity contribution in [1.29, 1.82) is 0 Å². The number of carbonyl (C=O) groups is 2. The Kier molecular flexibility index (Phi) is 8.82. The molecule has 0 aromatic carbocycles. The minimum Gasteiger partial charge on any atom is -0.443 e. The number of ether oxygens (including phenoxy) is 2. The Morgan fingerprint density at radius 2 is 1.97 bits per heavy atom. The van der Waals surface area contributed by atoms with E-state index < -0.39 is 41.9 Å². The second-order valence-corrected chi connectivity index (χ2v) is 18.6. The Morgan fingerprint density at radius 1 is 1.34 bits per heavy atom. The van der Waals surface area contributed by atoms with E-state index in [1.165, 1.54) is 17.2 Å². The smallest absolute Gasteiger partial charge is 0.418 e. The van der Waals surface area contributed by atoms with Crippen LogP contribution in [0, 0.1) is 11.9 Å². The van der Waals surface area contributed by atoms with Crippen molar-refractivity contribution in [3.63, 3.8) is 0 Å². The predicted octanol–water partition coefficient (Wildman–Crippen LogP) is 5.26. The van der Waals surface area contributed by atoms with Crippen molar-refractivity contribution in [1.82, 2.24) is 9.88 Å². The Hall–Kier alpha value is -1.98. The second-order valence-electron chi connectivity index (χ2n) is 11.5. The lowest BCUT2D eigenvalue weighted by atomic mass is 9.74. The van der Waals surface area contributed by atoms with Crippen LogP contribution in [0.25, 0.3) is 0 Å². The number of hydrogen-bond donors (Lipinski definition) is 1. The fraction of sp³-hybridized carbons (Fsp3) is 0.667. The average molecular weight is 527 g/mol. The van der Waals surface area contributed by atoms with Gasteiger partial charge in [0.15, 0.2) is 5.17 Å². The highest BCUT2D eigenvalue weighted by Gasteiger charge is 2.52. The van der Waals surface area contributed by atoms with Crippen molar-refractivity contribution in [2.75, 3.05) is 19.1 Å². The first-order valence-corrected chi connectivity index (χ1v) is 16.2. The third-order valence-electron chi connectivity index (χ3n) is 6.04. The summed E-state index contributed by atoms with van der Waals surface area (Å²) < 4.78 is 25.4. The normalized spacial score (nSPS) is 25.1. The van der Waals surface area contributed by atoms with Crippen LogP contribution >= 0.6 is 11.8 Å². The molecule has 2 N–H and O–H groups in total. The Labute approximate surface area is 213 Å².